The van der Waals surface area contributed by atoms with Crippen LogP contribution in [0.4, 0.5) is 0 Å². The lowest BCUT2D eigenvalue weighted by molar-refractivity contribution is 0.240. The first-order valence-corrected chi connectivity index (χ1v) is 11.8. The maximum absolute atomic E-state index is 12.4. The number of halogens is 2. The van der Waals surface area contributed by atoms with E-state index in [9.17, 15) is 13.2 Å². The van der Waals surface area contributed by atoms with Crippen molar-refractivity contribution in [1.29, 1.82) is 0 Å². The monoisotopic (exact) mass is 464 g/mol. The summed E-state index contributed by atoms with van der Waals surface area (Å²) in [6, 6.07) is 9.27. The van der Waals surface area contributed by atoms with Crippen molar-refractivity contribution in [3.05, 3.63) is 73.7 Å². The number of aromatic nitrogens is 3. The highest BCUT2D eigenvalue weighted by molar-refractivity contribution is 7.90. The largest absolute Gasteiger partial charge is 0.297 e. The van der Waals surface area contributed by atoms with Gasteiger partial charge in [-0.15, -0.1) is 0 Å². The van der Waals surface area contributed by atoms with Crippen molar-refractivity contribution in [1.82, 2.24) is 19.9 Å². The summed E-state index contributed by atoms with van der Waals surface area (Å²) in [4.78, 5) is 25.5. The third-order valence-electron chi connectivity index (χ3n) is 4.92. The number of aromatic amines is 1. The maximum atomic E-state index is 12.4. The molecule has 0 radical (unpaired) electrons. The summed E-state index contributed by atoms with van der Waals surface area (Å²) in [5.41, 5.74) is 3.31. The summed E-state index contributed by atoms with van der Waals surface area (Å²) in [6.45, 7) is 1.68. The van der Waals surface area contributed by atoms with Crippen LogP contribution in [0, 0.1) is 0 Å². The van der Waals surface area contributed by atoms with Crippen LogP contribution in [0.25, 0.3) is 11.3 Å². The SMILES string of the molecule is CS(=O)(=O)c1nc2c(c(=O)[nH]1)CN(Cc1ccc(-c3ccc(Cl)c(Cl)c3)nc1)CC2. The highest BCUT2D eigenvalue weighted by Gasteiger charge is 2.23. The van der Waals surface area contributed by atoms with Gasteiger partial charge in [0.2, 0.25) is 15.0 Å². The van der Waals surface area contributed by atoms with Gasteiger partial charge >= 0.3 is 0 Å². The van der Waals surface area contributed by atoms with Crippen molar-refractivity contribution < 1.29 is 8.42 Å². The van der Waals surface area contributed by atoms with E-state index in [2.05, 4.69) is 19.9 Å². The van der Waals surface area contributed by atoms with Crippen molar-refractivity contribution in [2.24, 2.45) is 0 Å². The maximum Gasteiger partial charge on any atom is 0.256 e. The quantitative estimate of drug-likeness (QED) is 0.595. The molecule has 1 aliphatic rings. The molecule has 10 heteroatoms. The van der Waals surface area contributed by atoms with Crippen molar-refractivity contribution in [3.63, 3.8) is 0 Å². The molecule has 1 aromatic carbocycles. The highest BCUT2D eigenvalue weighted by atomic mass is 35.5. The molecule has 0 bridgehead atoms. The Morgan fingerprint density at radius 1 is 1.17 bits per heavy atom. The van der Waals surface area contributed by atoms with E-state index in [4.69, 9.17) is 23.2 Å². The number of fused-ring (bicyclic) bond motifs is 1. The van der Waals surface area contributed by atoms with E-state index in [0.29, 0.717) is 47.4 Å². The Labute approximate surface area is 183 Å². The summed E-state index contributed by atoms with van der Waals surface area (Å²) in [6.07, 6.45) is 3.33. The summed E-state index contributed by atoms with van der Waals surface area (Å²) in [7, 11) is -3.56. The van der Waals surface area contributed by atoms with Gasteiger partial charge in [0, 0.05) is 44.1 Å². The standard InChI is InChI=1S/C20H18Cl2N4O3S/c1-30(28,29)20-24-18-6-7-26(11-14(18)19(27)25-20)10-12-2-5-17(23-9-12)13-3-4-15(21)16(22)8-13/h2-5,8-9H,6-7,10-11H2,1H3,(H,24,25,27). The molecule has 0 unspecified atom stereocenters. The fourth-order valence-corrected chi connectivity index (χ4v) is 4.22. The number of sulfone groups is 1. The molecular weight excluding hydrogens is 447 g/mol. The second-order valence-electron chi connectivity index (χ2n) is 7.21. The van der Waals surface area contributed by atoms with E-state index in [1.807, 2.05) is 18.2 Å². The first-order chi connectivity index (χ1) is 14.2. The second-order valence-corrected chi connectivity index (χ2v) is 9.96. The number of H-pyrrole nitrogens is 1. The minimum Gasteiger partial charge on any atom is -0.297 e. The lowest BCUT2D eigenvalue weighted by Crippen LogP contribution is -2.36. The lowest BCUT2D eigenvalue weighted by Gasteiger charge is -2.27. The molecule has 0 atom stereocenters. The smallest absolute Gasteiger partial charge is 0.256 e. The molecule has 1 aliphatic heterocycles. The zero-order valence-electron chi connectivity index (χ0n) is 16.0. The van der Waals surface area contributed by atoms with Crippen LogP contribution in [0.1, 0.15) is 16.8 Å². The van der Waals surface area contributed by atoms with Gasteiger partial charge in [-0.05, 0) is 23.8 Å². The number of hydrogen-bond donors (Lipinski definition) is 1. The van der Waals surface area contributed by atoms with E-state index >= 15 is 0 Å². The molecule has 0 saturated carbocycles. The second kappa shape index (κ2) is 8.11. The van der Waals surface area contributed by atoms with Gasteiger partial charge in [-0.2, -0.15) is 0 Å². The summed E-state index contributed by atoms with van der Waals surface area (Å²) in [5.74, 6) is 0. The van der Waals surface area contributed by atoms with Crippen LogP contribution in [0.5, 0.6) is 0 Å². The molecular formula is C20H18Cl2N4O3S. The van der Waals surface area contributed by atoms with Crippen LogP contribution in [0.15, 0.2) is 46.5 Å². The van der Waals surface area contributed by atoms with E-state index in [0.717, 1.165) is 23.1 Å². The highest BCUT2D eigenvalue weighted by Crippen LogP contribution is 2.27. The van der Waals surface area contributed by atoms with E-state index in [1.54, 1.807) is 18.3 Å². The molecule has 0 aliphatic carbocycles. The Kier molecular flexibility index (Phi) is 5.67. The van der Waals surface area contributed by atoms with Crippen LogP contribution >= 0.6 is 23.2 Å². The molecule has 30 heavy (non-hydrogen) atoms. The van der Waals surface area contributed by atoms with Gasteiger partial charge in [0.05, 0.1) is 27.0 Å². The fraction of sp³-hybridized carbons (Fsp3) is 0.250. The average Bonchev–Trinajstić information content (AvgIpc) is 2.70. The van der Waals surface area contributed by atoms with Gasteiger partial charge in [0.25, 0.3) is 5.56 Å². The van der Waals surface area contributed by atoms with Crippen LogP contribution < -0.4 is 5.56 Å². The van der Waals surface area contributed by atoms with Gasteiger partial charge in [0.15, 0.2) is 0 Å². The molecule has 0 spiro atoms. The Morgan fingerprint density at radius 2 is 1.97 bits per heavy atom. The van der Waals surface area contributed by atoms with Crippen LogP contribution in [0.3, 0.4) is 0 Å². The zero-order chi connectivity index (χ0) is 21.5. The molecule has 0 amide bonds. The van der Waals surface area contributed by atoms with Crippen molar-refractivity contribution >= 4 is 33.0 Å². The molecule has 4 rings (SSSR count). The topological polar surface area (TPSA) is 96.0 Å². The third-order valence-corrected chi connectivity index (χ3v) is 6.56. The van der Waals surface area contributed by atoms with Gasteiger partial charge in [-0.1, -0.05) is 35.3 Å². The number of pyridine rings is 1. The van der Waals surface area contributed by atoms with E-state index < -0.39 is 15.4 Å². The van der Waals surface area contributed by atoms with Crippen molar-refractivity contribution in [2.45, 2.75) is 24.7 Å². The van der Waals surface area contributed by atoms with Gasteiger partial charge in [0.1, 0.15) is 0 Å². The molecule has 1 N–H and O–H groups in total. The Bertz CT molecular complexity index is 1270. The molecule has 3 aromatic rings. The first kappa shape index (κ1) is 21.0. The minimum atomic E-state index is -3.56. The van der Waals surface area contributed by atoms with Gasteiger partial charge in [-0.3, -0.25) is 19.7 Å². The summed E-state index contributed by atoms with van der Waals surface area (Å²) >= 11 is 12.0. The lowest BCUT2D eigenvalue weighted by atomic mass is 10.1. The predicted molar refractivity (Wildman–Crippen MR) is 115 cm³/mol. The zero-order valence-corrected chi connectivity index (χ0v) is 18.4. The Balaban J connectivity index is 1.50. The molecule has 156 valence electrons. The fourth-order valence-electron chi connectivity index (χ4n) is 3.37. The van der Waals surface area contributed by atoms with Crippen LogP contribution in [-0.2, 0) is 29.3 Å². The van der Waals surface area contributed by atoms with Crippen LogP contribution in [0.2, 0.25) is 10.0 Å². The predicted octanol–water partition coefficient (Wildman–Crippen LogP) is 3.10. The minimum absolute atomic E-state index is 0.276. The number of nitrogens with one attached hydrogen (secondary N) is 1. The number of hydrogen-bond acceptors (Lipinski definition) is 6. The number of nitrogens with zero attached hydrogens (tertiary/aromatic N) is 3. The van der Waals surface area contributed by atoms with Gasteiger partial charge in [-0.25, -0.2) is 13.4 Å². The molecule has 2 aromatic heterocycles. The summed E-state index contributed by atoms with van der Waals surface area (Å²) in [5, 5.41) is 0.697. The Morgan fingerprint density at radius 3 is 2.63 bits per heavy atom. The Hall–Kier alpha value is -2.26. The van der Waals surface area contributed by atoms with E-state index in [-0.39, 0.29) is 5.16 Å². The van der Waals surface area contributed by atoms with Crippen molar-refractivity contribution in [2.75, 3.05) is 12.8 Å². The average molecular weight is 465 g/mol. The molecule has 3 heterocycles. The third kappa shape index (κ3) is 4.41. The van der Waals surface area contributed by atoms with Crippen LogP contribution in [-0.4, -0.2) is 41.1 Å². The summed E-state index contributed by atoms with van der Waals surface area (Å²) < 4.78 is 23.4. The molecule has 0 saturated heterocycles. The van der Waals surface area contributed by atoms with Gasteiger partial charge < -0.3 is 0 Å². The van der Waals surface area contributed by atoms with Crippen molar-refractivity contribution in [3.8, 4) is 11.3 Å². The van der Waals surface area contributed by atoms with E-state index in [1.165, 1.54) is 0 Å². The molecule has 0 fully saturated rings. The molecule has 7 nitrogen and oxygen atoms in total. The number of benzene rings is 1. The number of rotatable bonds is 4. The first-order valence-electron chi connectivity index (χ1n) is 9.15. The normalized spacial score (nSPS) is 14.5.